The second kappa shape index (κ2) is 5.89. The molecule has 3 nitrogen and oxygen atoms in total. The molecular formula is C10H12BrCl2NO2S. The van der Waals surface area contributed by atoms with E-state index in [2.05, 4.69) is 20.7 Å². The lowest BCUT2D eigenvalue weighted by atomic mass is 10.2. The van der Waals surface area contributed by atoms with Crippen LogP contribution in [-0.2, 0) is 10.0 Å². The lowest BCUT2D eigenvalue weighted by molar-refractivity contribution is 0.560. The Morgan fingerprint density at radius 2 is 1.82 bits per heavy atom. The van der Waals surface area contributed by atoms with Gasteiger partial charge in [0.1, 0.15) is 0 Å². The Morgan fingerprint density at radius 1 is 1.29 bits per heavy atom. The molecule has 0 saturated carbocycles. The van der Waals surface area contributed by atoms with E-state index in [1.807, 2.05) is 13.8 Å². The van der Waals surface area contributed by atoms with Gasteiger partial charge in [-0.2, -0.15) is 0 Å². The van der Waals surface area contributed by atoms with Crippen LogP contribution in [0.5, 0.6) is 0 Å². The van der Waals surface area contributed by atoms with Crippen LogP contribution < -0.4 is 4.72 Å². The maximum absolute atomic E-state index is 12.0. The molecule has 0 spiro atoms. The lowest BCUT2D eigenvalue weighted by Gasteiger charge is -2.11. The number of nitrogens with one attached hydrogen (secondary N) is 1. The second-order valence-electron chi connectivity index (χ2n) is 3.94. The maximum atomic E-state index is 12.0. The van der Waals surface area contributed by atoms with Gasteiger partial charge in [0, 0.05) is 11.0 Å². The number of sulfonamides is 1. The van der Waals surface area contributed by atoms with Gasteiger partial charge in [0.15, 0.2) is 0 Å². The molecule has 1 rings (SSSR count). The van der Waals surface area contributed by atoms with Crippen LogP contribution in [0.1, 0.15) is 13.8 Å². The van der Waals surface area contributed by atoms with Gasteiger partial charge in [0.2, 0.25) is 10.0 Å². The van der Waals surface area contributed by atoms with Crippen molar-refractivity contribution in [2.45, 2.75) is 18.7 Å². The van der Waals surface area contributed by atoms with Crippen molar-refractivity contribution in [2.24, 2.45) is 5.92 Å². The summed E-state index contributed by atoms with van der Waals surface area (Å²) in [4.78, 5) is 0.0903. The van der Waals surface area contributed by atoms with Crippen molar-refractivity contribution in [3.05, 3.63) is 26.7 Å². The van der Waals surface area contributed by atoms with E-state index < -0.39 is 10.0 Å². The summed E-state index contributed by atoms with van der Waals surface area (Å²) in [6.45, 7) is 4.22. The van der Waals surface area contributed by atoms with Gasteiger partial charge < -0.3 is 0 Å². The summed E-state index contributed by atoms with van der Waals surface area (Å²) in [6.07, 6.45) is 0. The average molecular weight is 361 g/mol. The van der Waals surface area contributed by atoms with E-state index in [-0.39, 0.29) is 15.8 Å². The fourth-order valence-electron chi connectivity index (χ4n) is 1.06. The minimum atomic E-state index is -3.57. The summed E-state index contributed by atoms with van der Waals surface area (Å²) in [7, 11) is -3.57. The first kappa shape index (κ1) is 15.2. The van der Waals surface area contributed by atoms with E-state index in [9.17, 15) is 8.42 Å². The molecule has 1 aromatic carbocycles. The molecule has 0 aliphatic rings. The molecule has 0 amide bonds. The highest BCUT2D eigenvalue weighted by molar-refractivity contribution is 9.10. The number of hydrogen-bond acceptors (Lipinski definition) is 2. The molecule has 0 aliphatic heterocycles. The first-order valence-electron chi connectivity index (χ1n) is 4.88. The molecule has 7 heteroatoms. The molecule has 17 heavy (non-hydrogen) atoms. The van der Waals surface area contributed by atoms with Crippen molar-refractivity contribution in [1.82, 2.24) is 4.72 Å². The number of rotatable bonds is 4. The van der Waals surface area contributed by atoms with Gasteiger partial charge in [-0.1, -0.05) is 37.0 Å². The second-order valence-corrected chi connectivity index (χ2v) is 7.35. The van der Waals surface area contributed by atoms with E-state index >= 15 is 0 Å². The molecule has 0 aromatic heterocycles. The fourth-order valence-corrected chi connectivity index (χ4v) is 3.87. The Bertz CT molecular complexity index is 517. The summed E-state index contributed by atoms with van der Waals surface area (Å²) in [5.74, 6) is 0.228. The van der Waals surface area contributed by atoms with E-state index in [4.69, 9.17) is 23.2 Å². The summed E-state index contributed by atoms with van der Waals surface area (Å²) in [5.41, 5.74) is 0. The predicted molar refractivity (Wildman–Crippen MR) is 74.2 cm³/mol. The minimum Gasteiger partial charge on any atom is -0.211 e. The van der Waals surface area contributed by atoms with Crippen molar-refractivity contribution in [3.8, 4) is 0 Å². The van der Waals surface area contributed by atoms with E-state index in [1.54, 1.807) is 0 Å². The third-order valence-corrected chi connectivity index (χ3v) is 5.05. The van der Waals surface area contributed by atoms with Crippen LogP contribution in [0.4, 0.5) is 0 Å². The van der Waals surface area contributed by atoms with Gasteiger partial charge in [0.05, 0.1) is 14.9 Å². The molecule has 1 aromatic rings. The zero-order chi connectivity index (χ0) is 13.2. The maximum Gasteiger partial charge on any atom is 0.241 e. The van der Waals surface area contributed by atoms with E-state index in [0.717, 1.165) is 0 Å². The summed E-state index contributed by atoms with van der Waals surface area (Å²) in [5, 5.41) is 0.515. The van der Waals surface area contributed by atoms with Crippen molar-refractivity contribution in [3.63, 3.8) is 0 Å². The standard InChI is InChI=1S/C10H12BrCl2NO2S/c1-6(2)5-14-17(15,16)10-4-9(13)8(12)3-7(10)11/h3-4,6,14H,5H2,1-2H3. The number of halogens is 3. The highest BCUT2D eigenvalue weighted by atomic mass is 79.9. The predicted octanol–water partition coefficient (Wildman–Crippen LogP) is 3.69. The molecule has 0 fully saturated rings. The molecule has 0 saturated heterocycles. The molecule has 0 unspecified atom stereocenters. The third-order valence-electron chi connectivity index (χ3n) is 1.95. The summed E-state index contributed by atoms with van der Waals surface area (Å²) < 4.78 is 26.9. The zero-order valence-corrected chi connectivity index (χ0v) is 13.2. The van der Waals surface area contributed by atoms with E-state index in [0.29, 0.717) is 16.0 Å². The van der Waals surface area contributed by atoms with Crippen LogP contribution in [-0.4, -0.2) is 15.0 Å². The van der Waals surface area contributed by atoms with Crippen LogP contribution in [0.3, 0.4) is 0 Å². The Balaban J connectivity index is 3.11. The average Bonchev–Trinajstić information content (AvgIpc) is 2.20. The normalized spacial score (nSPS) is 12.1. The Kier molecular flexibility index (Phi) is 5.28. The van der Waals surface area contributed by atoms with Gasteiger partial charge in [-0.3, -0.25) is 0 Å². The minimum absolute atomic E-state index is 0.0903. The van der Waals surface area contributed by atoms with Crippen molar-refractivity contribution in [2.75, 3.05) is 6.54 Å². The van der Waals surface area contributed by atoms with Gasteiger partial charge in [0.25, 0.3) is 0 Å². The van der Waals surface area contributed by atoms with Crippen LogP contribution in [0, 0.1) is 5.92 Å². The fraction of sp³-hybridized carbons (Fsp3) is 0.400. The summed E-state index contributed by atoms with van der Waals surface area (Å²) in [6, 6.07) is 2.80. The monoisotopic (exact) mass is 359 g/mol. The van der Waals surface area contributed by atoms with Crippen molar-refractivity contribution in [1.29, 1.82) is 0 Å². The van der Waals surface area contributed by atoms with Crippen LogP contribution in [0.2, 0.25) is 10.0 Å². The van der Waals surface area contributed by atoms with Gasteiger partial charge >= 0.3 is 0 Å². The number of hydrogen-bond donors (Lipinski definition) is 1. The molecule has 0 heterocycles. The van der Waals surface area contributed by atoms with Crippen molar-refractivity contribution < 1.29 is 8.42 Å². The third kappa shape index (κ3) is 4.10. The van der Waals surface area contributed by atoms with Crippen LogP contribution >= 0.6 is 39.1 Å². The van der Waals surface area contributed by atoms with Crippen LogP contribution in [0.25, 0.3) is 0 Å². The lowest BCUT2D eigenvalue weighted by Crippen LogP contribution is -2.27. The highest BCUT2D eigenvalue weighted by Gasteiger charge is 2.19. The molecule has 1 N–H and O–H groups in total. The Hall–Kier alpha value is 0.190. The first-order chi connectivity index (χ1) is 7.74. The van der Waals surface area contributed by atoms with Gasteiger partial charge in [-0.15, -0.1) is 0 Å². The molecule has 96 valence electrons. The molecule has 0 atom stereocenters. The highest BCUT2D eigenvalue weighted by Crippen LogP contribution is 2.31. The zero-order valence-electron chi connectivity index (χ0n) is 9.30. The van der Waals surface area contributed by atoms with Gasteiger partial charge in [-0.05, 0) is 34.0 Å². The van der Waals surface area contributed by atoms with Crippen LogP contribution in [0.15, 0.2) is 21.5 Å². The number of benzene rings is 1. The smallest absolute Gasteiger partial charge is 0.211 e. The SMILES string of the molecule is CC(C)CNS(=O)(=O)c1cc(Cl)c(Cl)cc1Br. The molecule has 0 radical (unpaired) electrons. The summed E-state index contributed by atoms with van der Waals surface area (Å²) >= 11 is 14.8. The first-order valence-corrected chi connectivity index (χ1v) is 7.91. The molecule has 0 bridgehead atoms. The quantitative estimate of drug-likeness (QED) is 0.832. The Morgan fingerprint density at radius 3 is 2.35 bits per heavy atom. The topological polar surface area (TPSA) is 46.2 Å². The van der Waals surface area contributed by atoms with E-state index in [1.165, 1.54) is 12.1 Å². The largest absolute Gasteiger partial charge is 0.241 e. The van der Waals surface area contributed by atoms with Gasteiger partial charge in [-0.25, -0.2) is 13.1 Å². The Labute approximate surface area is 120 Å². The molecule has 0 aliphatic carbocycles. The van der Waals surface area contributed by atoms with Crippen molar-refractivity contribution >= 4 is 49.2 Å². The molecular weight excluding hydrogens is 349 g/mol.